The molecule has 0 bridgehead atoms. The fourth-order valence-electron chi connectivity index (χ4n) is 2.16. The fourth-order valence-corrected chi connectivity index (χ4v) is 2.16. The van der Waals surface area contributed by atoms with Crippen LogP contribution in [0.2, 0.25) is 0 Å². The van der Waals surface area contributed by atoms with Crippen molar-refractivity contribution < 1.29 is 19.3 Å². The molecule has 0 atom stereocenters. The van der Waals surface area contributed by atoms with Crippen LogP contribution in [0.3, 0.4) is 0 Å². The molecule has 3 rings (SSSR count). The highest BCUT2D eigenvalue weighted by Crippen LogP contribution is 2.42. The van der Waals surface area contributed by atoms with Gasteiger partial charge < -0.3 is 19.3 Å². The predicted molar refractivity (Wildman–Crippen MR) is 61.2 cm³/mol. The summed E-state index contributed by atoms with van der Waals surface area (Å²) in [5.74, 6) is 1.53. The Labute approximate surface area is 100 Å². The van der Waals surface area contributed by atoms with E-state index in [4.69, 9.17) is 14.2 Å². The SMILES string of the molecule is COCc1cc2c(cc1CC1(O)CC1)OCO2. The van der Waals surface area contributed by atoms with Crippen LogP contribution in [0, 0.1) is 0 Å². The molecule has 1 N–H and O–H groups in total. The van der Waals surface area contributed by atoms with Gasteiger partial charge in [-0.25, -0.2) is 0 Å². The van der Waals surface area contributed by atoms with E-state index in [-0.39, 0.29) is 6.79 Å². The highest BCUT2D eigenvalue weighted by atomic mass is 16.7. The minimum absolute atomic E-state index is 0.273. The molecule has 92 valence electrons. The Morgan fingerprint density at radius 2 is 1.88 bits per heavy atom. The third-order valence-electron chi connectivity index (χ3n) is 3.34. The van der Waals surface area contributed by atoms with Gasteiger partial charge in [-0.05, 0) is 36.1 Å². The number of methoxy groups -OCH3 is 1. The summed E-state index contributed by atoms with van der Waals surface area (Å²) in [5, 5.41) is 10.0. The third-order valence-corrected chi connectivity index (χ3v) is 3.34. The maximum Gasteiger partial charge on any atom is 0.231 e. The zero-order valence-electron chi connectivity index (χ0n) is 9.86. The second-order valence-corrected chi connectivity index (χ2v) is 4.81. The van der Waals surface area contributed by atoms with E-state index in [1.807, 2.05) is 12.1 Å². The average molecular weight is 236 g/mol. The minimum Gasteiger partial charge on any atom is -0.454 e. The lowest BCUT2D eigenvalue weighted by atomic mass is 10.00. The number of ether oxygens (including phenoxy) is 3. The van der Waals surface area contributed by atoms with Crippen molar-refractivity contribution >= 4 is 0 Å². The predicted octanol–water partition coefficient (Wildman–Crippen LogP) is 1.63. The quantitative estimate of drug-likeness (QED) is 0.863. The van der Waals surface area contributed by atoms with Crippen molar-refractivity contribution in [3.8, 4) is 11.5 Å². The monoisotopic (exact) mass is 236 g/mol. The van der Waals surface area contributed by atoms with Gasteiger partial charge in [-0.2, -0.15) is 0 Å². The summed E-state index contributed by atoms with van der Waals surface area (Å²) in [6.07, 6.45) is 2.43. The number of hydrogen-bond donors (Lipinski definition) is 1. The first-order chi connectivity index (χ1) is 8.20. The molecular weight excluding hydrogens is 220 g/mol. The Morgan fingerprint density at radius 3 is 2.47 bits per heavy atom. The van der Waals surface area contributed by atoms with Crippen LogP contribution < -0.4 is 9.47 Å². The van der Waals surface area contributed by atoms with Crippen LogP contribution >= 0.6 is 0 Å². The molecule has 0 unspecified atom stereocenters. The topological polar surface area (TPSA) is 47.9 Å². The van der Waals surface area contributed by atoms with Gasteiger partial charge >= 0.3 is 0 Å². The number of rotatable bonds is 4. The first-order valence-electron chi connectivity index (χ1n) is 5.83. The van der Waals surface area contributed by atoms with E-state index in [0.29, 0.717) is 13.0 Å². The lowest BCUT2D eigenvalue weighted by molar-refractivity contribution is 0.148. The zero-order chi connectivity index (χ0) is 11.9. The molecule has 4 heteroatoms. The van der Waals surface area contributed by atoms with Crippen LogP contribution in [0.1, 0.15) is 24.0 Å². The van der Waals surface area contributed by atoms with Crippen molar-refractivity contribution in [2.45, 2.75) is 31.5 Å². The lowest BCUT2D eigenvalue weighted by Crippen LogP contribution is -2.12. The second kappa shape index (κ2) is 3.89. The van der Waals surface area contributed by atoms with Gasteiger partial charge in [0.2, 0.25) is 6.79 Å². The number of fused-ring (bicyclic) bond motifs is 1. The van der Waals surface area contributed by atoms with E-state index >= 15 is 0 Å². The first-order valence-corrected chi connectivity index (χ1v) is 5.83. The van der Waals surface area contributed by atoms with Crippen molar-refractivity contribution in [1.82, 2.24) is 0 Å². The van der Waals surface area contributed by atoms with E-state index < -0.39 is 5.60 Å². The summed E-state index contributed by atoms with van der Waals surface area (Å²) < 4.78 is 15.9. The Hall–Kier alpha value is -1.26. The molecule has 0 aromatic heterocycles. The molecule has 1 aromatic rings. The Bertz CT molecular complexity index is 437. The number of benzene rings is 1. The van der Waals surface area contributed by atoms with Crippen LogP contribution in [0.5, 0.6) is 11.5 Å². The van der Waals surface area contributed by atoms with Crippen molar-refractivity contribution in [1.29, 1.82) is 0 Å². The lowest BCUT2D eigenvalue weighted by Gasteiger charge is -2.13. The zero-order valence-corrected chi connectivity index (χ0v) is 9.86. The van der Waals surface area contributed by atoms with Crippen molar-refractivity contribution in [2.24, 2.45) is 0 Å². The van der Waals surface area contributed by atoms with Crippen molar-refractivity contribution in [2.75, 3.05) is 13.9 Å². The van der Waals surface area contributed by atoms with Crippen LogP contribution in [0.4, 0.5) is 0 Å². The summed E-state index contributed by atoms with van der Waals surface area (Å²) >= 11 is 0. The number of hydrogen-bond acceptors (Lipinski definition) is 4. The summed E-state index contributed by atoms with van der Waals surface area (Å²) in [5.41, 5.74) is 1.66. The van der Waals surface area contributed by atoms with E-state index in [2.05, 4.69) is 0 Å². The molecule has 1 fully saturated rings. The first kappa shape index (κ1) is 10.9. The molecule has 4 nitrogen and oxygen atoms in total. The van der Waals surface area contributed by atoms with Gasteiger partial charge in [0.1, 0.15) is 0 Å². The Balaban J connectivity index is 1.93. The van der Waals surface area contributed by atoms with Crippen LogP contribution in [0.25, 0.3) is 0 Å². The van der Waals surface area contributed by atoms with E-state index in [9.17, 15) is 5.11 Å². The van der Waals surface area contributed by atoms with Gasteiger partial charge in [0.25, 0.3) is 0 Å². The molecule has 2 aliphatic rings. The molecular formula is C13H16O4. The van der Waals surface area contributed by atoms with E-state index in [1.165, 1.54) is 0 Å². The minimum atomic E-state index is -0.504. The highest BCUT2D eigenvalue weighted by molar-refractivity contribution is 5.49. The number of aliphatic hydroxyl groups is 1. The molecule has 17 heavy (non-hydrogen) atoms. The molecule has 0 spiro atoms. The smallest absolute Gasteiger partial charge is 0.231 e. The van der Waals surface area contributed by atoms with Crippen LogP contribution in [-0.4, -0.2) is 24.6 Å². The van der Waals surface area contributed by atoms with Gasteiger partial charge in [-0.3, -0.25) is 0 Å². The van der Waals surface area contributed by atoms with Crippen LogP contribution in [0.15, 0.2) is 12.1 Å². The molecule has 1 saturated carbocycles. The maximum absolute atomic E-state index is 10.0. The van der Waals surface area contributed by atoms with Crippen molar-refractivity contribution in [3.05, 3.63) is 23.3 Å². The maximum atomic E-state index is 10.0. The molecule has 0 radical (unpaired) electrons. The summed E-state index contributed by atoms with van der Waals surface area (Å²) in [7, 11) is 1.67. The Kier molecular flexibility index (Phi) is 2.49. The second-order valence-electron chi connectivity index (χ2n) is 4.81. The molecule has 1 heterocycles. The summed E-state index contributed by atoms with van der Waals surface area (Å²) in [6.45, 7) is 0.803. The fraction of sp³-hybridized carbons (Fsp3) is 0.538. The van der Waals surface area contributed by atoms with Crippen molar-refractivity contribution in [3.63, 3.8) is 0 Å². The van der Waals surface area contributed by atoms with Crippen LogP contribution in [-0.2, 0) is 17.8 Å². The standard InChI is InChI=1S/C13H16O4/c1-15-7-10-5-12-11(16-8-17-12)4-9(10)6-13(14)2-3-13/h4-5,14H,2-3,6-8H2,1H3. The third kappa shape index (κ3) is 2.10. The summed E-state index contributed by atoms with van der Waals surface area (Å²) in [4.78, 5) is 0. The van der Waals surface area contributed by atoms with Gasteiger partial charge in [0, 0.05) is 13.5 Å². The average Bonchev–Trinajstić information content (AvgIpc) is 2.85. The largest absolute Gasteiger partial charge is 0.454 e. The molecule has 0 amide bonds. The normalized spacial score (nSPS) is 19.4. The molecule has 1 aromatic carbocycles. The molecule has 1 aliphatic heterocycles. The van der Waals surface area contributed by atoms with Gasteiger partial charge in [0.05, 0.1) is 12.2 Å². The summed E-state index contributed by atoms with van der Waals surface area (Å²) in [6, 6.07) is 3.92. The van der Waals surface area contributed by atoms with Gasteiger partial charge in [-0.1, -0.05) is 0 Å². The Morgan fingerprint density at radius 1 is 1.24 bits per heavy atom. The molecule has 1 aliphatic carbocycles. The van der Waals surface area contributed by atoms with E-state index in [0.717, 1.165) is 35.5 Å². The van der Waals surface area contributed by atoms with Gasteiger partial charge in [0.15, 0.2) is 11.5 Å². The highest BCUT2D eigenvalue weighted by Gasteiger charge is 2.40. The van der Waals surface area contributed by atoms with E-state index in [1.54, 1.807) is 7.11 Å². The molecule has 0 saturated heterocycles. The van der Waals surface area contributed by atoms with Gasteiger partial charge in [-0.15, -0.1) is 0 Å².